The van der Waals surface area contributed by atoms with Crippen LogP contribution in [-0.4, -0.2) is 44.0 Å². The number of anilines is 2. The molecule has 6 rings (SSSR count). The maximum absolute atomic E-state index is 13.1. The lowest BCUT2D eigenvalue weighted by atomic mass is 10.0. The molecule has 8 nitrogen and oxygen atoms in total. The Morgan fingerprint density at radius 2 is 1.70 bits per heavy atom. The van der Waals surface area contributed by atoms with E-state index in [4.69, 9.17) is 21.1 Å². The summed E-state index contributed by atoms with van der Waals surface area (Å²) < 4.78 is 38.7. The smallest absolute Gasteiger partial charge is 0.243 e. The van der Waals surface area contributed by atoms with Crippen LogP contribution in [0.3, 0.4) is 0 Å². The number of halogens is 1. The number of rotatable bonds is 8. The molecule has 0 saturated carbocycles. The molecule has 1 N–H and O–H groups in total. The zero-order valence-electron chi connectivity index (χ0n) is 23.0. The first-order chi connectivity index (χ1) is 20.9. The Bertz CT molecular complexity index is 1920. The van der Waals surface area contributed by atoms with Crippen LogP contribution in [0.1, 0.15) is 11.1 Å². The first kappa shape index (κ1) is 28.6. The molecule has 0 aliphatic carbocycles. The summed E-state index contributed by atoms with van der Waals surface area (Å²) in [5.41, 5.74) is 5.07. The van der Waals surface area contributed by atoms with Crippen LogP contribution >= 0.6 is 11.6 Å². The number of fused-ring (bicyclic) bond motifs is 1. The van der Waals surface area contributed by atoms with E-state index in [-0.39, 0.29) is 4.90 Å². The molecule has 216 valence electrons. The molecule has 0 bridgehead atoms. The predicted octanol–water partition coefficient (Wildman–Crippen LogP) is 6.77. The van der Waals surface area contributed by atoms with E-state index >= 15 is 0 Å². The van der Waals surface area contributed by atoms with Crippen molar-refractivity contribution in [1.82, 2.24) is 9.29 Å². The lowest BCUT2D eigenvalue weighted by Gasteiger charge is -2.26. The standard InChI is InChI=1S/C33H27ClN4O4S/c34-30-19-27(9-13-32(30)42-22-23-4-2-1-3-5-23)37-33-26(20-35)21-36-31-12-8-25(18-29(31)33)24-6-10-28(11-7-24)43(39,40)38-14-16-41-17-15-38/h1-13,18-19,21H,14-17,22H2,(H,36,37). The maximum atomic E-state index is 13.1. The third-order valence-electron chi connectivity index (χ3n) is 7.22. The second-order valence-corrected chi connectivity index (χ2v) is 12.3. The Hall–Kier alpha value is -4.46. The number of morpholine rings is 1. The number of hydrogen-bond donors (Lipinski definition) is 1. The van der Waals surface area contributed by atoms with E-state index in [1.165, 1.54) is 10.5 Å². The minimum Gasteiger partial charge on any atom is -0.487 e. The third-order valence-corrected chi connectivity index (χ3v) is 9.43. The monoisotopic (exact) mass is 610 g/mol. The number of sulfonamides is 1. The van der Waals surface area contributed by atoms with E-state index in [0.717, 1.165) is 22.1 Å². The van der Waals surface area contributed by atoms with Crippen LogP contribution in [0.2, 0.25) is 5.02 Å². The first-order valence-electron chi connectivity index (χ1n) is 13.7. The summed E-state index contributed by atoms with van der Waals surface area (Å²) >= 11 is 6.56. The molecule has 1 aliphatic rings. The van der Waals surface area contributed by atoms with Gasteiger partial charge in [-0.1, -0.05) is 60.1 Å². The Morgan fingerprint density at radius 1 is 0.953 bits per heavy atom. The molecule has 10 heteroatoms. The average Bonchev–Trinajstić information content (AvgIpc) is 3.05. The molecule has 1 aliphatic heterocycles. The largest absolute Gasteiger partial charge is 0.487 e. The van der Waals surface area contributed by atoms with Gasteiger partial charge >= 0.3 is 0 Å². The zero-order chi connectivity index (χ0) is 29.8. The van der Waals surface area contributed by atoms with Crippen molar-refractivity contribution in [3.05, 3.63) is 113 Å². The van der Waals surface area contributed by atoms with Gasteiger partial charge in [0, 0.05) is 30.4 Å². The van der Waals surface area contributed by atoms with Crippen molar-refractivity contribution in [2.45, 2.75) is 11.5 Å². The number of pyridine rings is 1. The Labute approximate surface area is 255 Å². The molecule has 4 aromatic carbocycles. The molecular formula is C33H27ClN4O4S. The van der Waals surface area contributed by atoms with Gasteiger partial charge in [-0.05, 0) is 59.2 Å². The summed E-state index contributed by atoms with van der Waals surface area (Å²) in [4.78, 5) is 4.71. The van der Waals surface area contributed by atoms with Gasteiger partial charge in [-0.3, -0.25) is 4.98 Å². The molecule has 1 aromatic heterocycles. The minimum absolute atomic E-state index is 0.239. The summed E-state index contributed by atoms with van der Waals surface area (Å²) in [7, 11) is -3.59. The van der Waals surface area contributed by atoms with E-state index < -0.39 is 10.0 Å². The highest BCUT2D eigenvalue weighted by atomic mass is 35.5. The predicted molar refractivity (Wildman–Crippen MR) is 167 cm³/mol. The van der Waals surface area contributed by atoms with Gasteiger partial charge in [-0.25, -0.2) is 8.42 Å². The highest BCUT2D eigenvalue weighted by Gasteiger charge is 2.26. The number of nitrogens with zero attached hydrogens (tertiary/aromatic N) is 3. The molecule has 0 spiro atoms. The number of nitriles is 1. The van der Waals surface area contributed by atoms with Crippen molar-refractivity contribution in [3.8, 4) is 22.9 Å². The number of nitrogens with one attached hydrogen (secondary N) is 1. The molecule has 43 heavy (non-hydrogen) atoms. The molecular weight excluding hydrogens is 584 g/mol. The van der Waals surface area contributed by atoms with Crippen molar-refractivity contribution < 1.29 is 17.9 Å². The van der Waals surface area contributed by atoms with Crippen LogP contribution in [0, 0.1) is 11.3 Å². The van der Waals surface area contributed by atoms with Crippen molar-refractivity contribution in [2.75, 3.05) is 31.6 Å². The second kappa shape index (κ2) is 12.4. The number of ether oxygens (including phenoxy) is 2. The van der Waals surface area contributed by atoms with Crippen molar-refractivity contribution in [2.24, 2.45) is 0 Å². The fraction of sp³-hybridized carbons (Fsp3) is 0.152. The summed E-state index contributed by atoms with van der Waals surface area (Å²) in [5, 5.41) is 14.4. The molecule has 0 amide bonds. The quantitative estimate of drug-likeness (QED) is 0.207. The van der Waals surface area contributed by atoms with Gasteiger partial charge in [0.2, 0.25) is 10.0 Å². The van der Waals surface area contributed by atoms with Crippen LogP contribution in [0.4, 0.5) is 11.4 Å². The Balaban J connectivity index is 1.27. The first-order valence-corrected chi connectivity index (χ1v) is 15.5. The van der Waals surface area contributed by atoms with E-state index in [0.29, 0.717) is 66.1 Å². The van der Waals surface area contributed by atoms with Gasteiger partial charge in [0.15, 0.2) is 0 Å². The summed E-state index contributed by atoms with van der Waals surface area (Å²) in [6, 6.07) is 30.0. The molecule has 0 radical (unpaired) electrons. The SMILES string of the molecule is N#Cc1cnc2ccc(-c3ccc(S(=O)(=O)N4CCOCC4)cc3)cc2c1Nc1ccc(OCc2ccccc2)c(Cl)c1. The Kier molecular flexibility index (Phi) is 8.27. The molecule has 0 unspecified atom stereocenters. The van der Waals surface area contributed by atoms with Gasteiger partial charge in [0.1, 0.15) is 18.4 Å². The lowest BCUT2D eigenvalue weighted by molar-refractivity contribution is 0.0730. The Morgan fingerprint density at radius 3 is 2.42 bits per heavy atom. The molecule has 1 saturated heterocycles. The molecule has 1 fully saturated rings. The second-order valence-electron chi connectivity index (χ2n) is 9.98. The fourth-order valence-electron chi connectivity index (χ4n) is 4.92. The van der Waals surface area contributed by atoms with Crippen LogP contribution in [0.25, 0.3) is 22.0 Å². The van der Waals surface area contributed by atoms with E-state index in [2.05, 4.69) is 16.4 Å². The van der Waals surface area contributed by atoms with Crippen LogP contribution in [0.15, 0.2) is 102 Å². The number of aromatic nitrogens is 1. The number of benzene rings is 4. The molecule has 5 aromatic rings. The van der Waals surface area contributed by atoms with Gasteiger partial charge in [-0.15, -0.1) is 0 Å². The topological polar surface area (TPSA) is 105 Å². The van der Waals surface area contributed by atoms with Crippen LogP contribution in [-0.2, 0) is 21.4 Å². The summed E-state index contributed by atoms with van der Waals surface area (Å²) in [5.74, 6) is 0.553. The normalized spacial score (nSPS) is 13.9. The molecule has 0 atom stereocenters. The van der Waals surface area contributed by atoms with Crippen molar-refractivity contribution in [1.29, 1.82) is 5.26 Å². The highest BCUT2D eigenvalue weighted by Crippen LogP contribution is 2.35. The molecule has 2 heterocycles. The van der Waals surface area contributed by atoms with E-state index in [9.17, 15) is 13.7 Å². The van der Waals surface area contributed by atoms with Crippen LogP contribution < -0.4 is 10.1 Å². The summed E-state index contributed by atoms with van der Waals surface area (Å²) in [6.07, 6.45) is 1.54. The third kappa shape index (κ3) is 6.19. The van der Waals surface area contributed by atoms with Crippen LogP contribution in [0.5, 0.6) is 5.75 Å². The average molecular weight is 611 g/mol. The maximum Gasteiger partial charge on any atom is 0.243 e. The van der Waals surface area contributed by atoms with E-state index in [1.54, 1.807) is 36.4 Å². The van der Waals surface area contributed by atoms with Crippen molar-refractivity contribution >= 4 is 43.9 Å². The van der Waals surface area contributed by atoms with E-state index in [1.807, 2.05) is 54.6 Å². The zero-order valence-corrected chi connectivity index (χ0v) is 24.6. The minimum atomic E-state index is -3.59. The van der Waals surface area contributed by atoms with Gasteiger partial charge in [0.05, 0.1) is 39.9 Å². The highest BCUT2D eigenvalue weighted by molar-refractivity contribution is 7.89. The summed E-state index contributed by atoms with van der Waals surface area (Å²) in [6.45, 7) is 1.86. The van der Waals surface area contributed by atoms with Gasteiger partial charge in [0.25, 0.3) is 0 Å². The van der Waals surface area contributed by atoms with Gasteiger partial charge in [-0.2, -0.15) is 9.57 Å². The fourth-order valence-corrected chi connectivity index (χ4v) is 6.57. The lowest BCUT2D eigenvalue weighted by Crippen LogP contribution is -2.40. The van der Waals surface area contributed by atoms with Crippen molar-refractivity contribution in [3.63, 3.8) is 0 Å². The van der Waals surface area contributed by atoms with Gasteiger partial charge < -0.3 is 14.8 Å². The number of hydrogen-bond acceptors (Lipinski definition) is 7.